The summed E-state index contributed by atoms with van der Waals surface area (Å²) >= 11 is 0. The number of ether oxygens (including phenoxy) is 2. The highest BCUT2D eigenvalue weighted by Gasteiger charge is 2.21. The van der Waals surface area contributed by atoms with E-state index in [1.807, 2.05) is 24.3 Å². The lowest BCUT2D eigenvalue weighted by atomic mass is 10.2. The van der Waals surface area contributed by atoms with Crippen molar-refractivity contribution in [2.75, 3.05) is 49.4 Å². The van der Waals surface area contributed by atoms with Gasteiger partial charge in [0.05, 0.1) is 13.3 Å². The van der Waals surface area contributed by atoms with E-state index in [1.165, 1.54) is 6.08 Å². The number of pyridine rings is 1. The number of nitrogens with zero attached hydrogens (tertiary/aromatic N) is 2. The summed E-state index contributed by atoms with van der Waals surface area (Å²) < 4.78 is 24.0. The first-order valence-corrected chi connectivity index (χ1v) is 11.7. The van der Waals surface area contributed by atoms with Crippen LogP contribution in [0.25, 0.3) is 0 Å². The third-order valence-corrected chi connectivity index (χ3v) is 5.77. The van der Waals surface area contributed by atoms with Crippen LogP contribution in [0.5, 0.6) is 17.2 Å². The van der Waals surface area contributed by atoms with Gasteiger partial charge in [0.2, 0.25) is 5.91 Å². The van der Waals surface area contributed by atoms with Crippen LogP contribution in [0.1, 0.15) is 6.42 Å². The first kappa shape index (κ1) is 25.0. The molecule has 0 bridgehead atoms. The molecule has 2 heterocycles. The summed E-state index contributed by atoms with van der Waals surface area (Å²) in [6, 6.07) is 17.0. The molecule has 1 aliphatic rings. The molecule has 1 saturated heterocycles. The van der Waals surface area contributed by atoms with E-state index in [1.54, 1.807) is 43.6 Å². The molecule has 8 nitrogen and oxygen atoms in total. The summed E-state index contributed by atoms with van der Waals surface area (Å²) in [5.41, 5.74) is 2.47. The Kier molecular flexibility index (Phi) is 8.36. The van der Waals surface area contributed by atoms with Gasteiger partial charge in [-0.3, -0.25) is 9.69 Å². The number of hydrogen-bond acceptors (Lipinski definition) is 7. The zero-order valence-corrected chi connectivity index (χ0v) is 20.2. The summed E-state index contributed by atoms with van der Waals surface area (Å²) in [6.45, 7) is 5.43. The summed E-state index contributed by atoms with van der Waals surface area (Å²) in [5.74, 6) is 1.75. The van der Waals surface area contributed by atoms with Crippen LogP contribution < -0.4 is 25.4 Å². The molecule has 3 aromatic rings. The van der Waals surface area contributed by atoms with Crippen LogP contribution in [-0.2, 0) is 4.79 Å². The topological polar surface area (TPSA) is 87.8 Å². The Morgan fingerprint density at radius 3 is 2.72 bits per heavy atom. The number of methoxy groups -OCH3 is 1. The van der Waals surface area contributed by atoms with Gasteiger partial charge in [-0.1, -0.05) is 12.6 Å². The molecule has 1 fully saturated rings. The molecule has 36 heavy (non-hydrogen) atoms. The highest BCUT2D eigenvalue weighted by Crippen LogP contribution is 2.34. The van der Waals surface area contributed by atoms with Crippen molar-refractivity contribution < 1.29 is 18.7 Å². The van der Waals surface area contributed by atoms with E-state index in [0.29, 0.717) is 41.3 Å². The fraction of sp³-hybridized carbons (Fsp3) is 0.259. The molecule has 1 unspecified atom stereocenters. The van der Waals surface area contributed by atoms with Gasteiger partial charge >= 0.3 is 0 Å². The van der Waals surface area contributed by atoms with Crippen LogP contribution >= 0.6 is 0 Å². The second-order valence-electron chi connectivity index (χ2n) is 8.37. The second kappa shape index (κ2) is 12.0. The summed E-state index contributed by atoms with van der Waals surface area (Å²) in [4.78, 5) is 18.1. The summed E-state index contributed by atoms with van der Waals surface area (Å²) in [5, 5.41) is 9.50. The van der Waals surface area contributed by atoms with Gasteiger partial charge in [0, 0.05) is 54.9 Å². The Hall–Kier alpha value is -4.11. The van der Waals surface area contributed by atoms with Crippen molar-refractivity contribution in [2.24, 2.45) is 0 Å². The number of halogens is 1. The van der Waals surface area contributed by atoms with E-state index in [2.05, 4.69) is 32.4 Å². The monoisotopic (exact) mass is 491 g/mol. The standard InChI is InChI=1S/C27H30FN5O3/c1-3-27(34)32-21-5-4-6-23(15-21)36-24-16-26(29-17-25(24)35-2)31-20-9-7-19(8-10-20)30-22-11-13-33(18-22)14-12-28/h3-10,15-17,22,30H,1,11-14,18H2,2H3,(H,29,31)(H,32,34). The van der Waals surface area contributed by atoms with Gasteiger partial charge in [-0.05, 0) is 48.9 Å². The van der Waals surface area contributed by atoms with Crippen molar-refractivity contribution in [3.63, 3.8) is 0 Å². The summed E-state index contributed by atoms with van der Waals surface area (Å²) in [6.07, 6.45) is 3.79. The van der Waals surface area contributed by atoms with Crippen molar-refractivity contribution in [3.05, 3.63) is 73.4 Å². The predicted molar refractivity (Wildman–Crippen MR) is 140 cm³/mol. The van der Waals surface area contributed by atoms with Crippen molar-refractivity contribution in [1.82, 2.24) is 9.88 Å². The fourth-order valence-electron chi connectivity index (χ4n) is 3.99. The molecule has 1 amide bonds. The Morgan fingerprint density at radius 2 is 1.97 bits per heavy atom. The van der Waals surface area contributed by atoms with Crippen molar-refractivity contribution in [3.8, 4) is 17.2 Å². The van der Waals surface area contributed by atoms with Gasteiger partial charge < -0.3 is 25.4 Å². The molecule has 1 aromatic heterocycles. The predicted octanol–water partition coefficient (Wildman–Crippen LogP) is 5.21. The molecular weight excluding hydrogens is 461 g/mol. The van der Waals surface area contributed by atoms with Gasteiger partial charge in [0.25, 0.3) is 0 Å². The number of hydrogen-bond donors (Lipinski definition) is 3. The largest absolute Gasteiger partial charge is 0.491 e. The van der Waals surface area contributed by atoms with Gasteiger partial charge in [-0.25, -0.2) is 9.37 Å². The van der Waals surface area contributed by atoms with Gasteiger partial charge in [0.1, 0.15) is 18.2 Å². The maximum absolute atomic E-state index is 12.6. The van der Waals surface area contributed by atoms with Crippen molar-refractivity contribution in [1.29, 1.82) is 0 Å². The normalized spacial score (nSPS) is 15.2. The molecule has 0 saturated carbocycles. The minimum Gasteiger partial charge on any atom is -0.491 e. The van der Waals surface area contributed by atoms with Crippen LogP contribution in [0.3, 0.4) is 0 Å². The van der Waals surface area contributed by atoms with E-state index >= 15 is 0 Å². The fourth-order valence-corrected chi connectivity index (χ4v) is 3.99. The maximum atomic E-state index is 12.6. The molecule has 0 radical (unpaired) electrons. The molecule has 188 valence electrons. The molecule has 0 aliphatic carbocycles. The number of carbonyl (C=O) groups is 1. The number of anilines is 4. The molecule has 0 spiro atoms. The molecule has 1 aliphatic heterocycles. The van der Waals surface area contributed by atoms with E-state index in [-0.39, 0.29) is 12.6 Å². The highest BCUT2D eigenvalue weighted by atomic mass is 19.1. The third-order valence-electron chi connectivity index (χ3n) is 5.77. The number of amides is 1. The maximum Gasteiger partial charge on any atom is 0.247 e. The number of carbonyl (C=O) groups excluding carboxylic acids is 1. The Labute approximate surface area is 210 Å². The molecule has 2 aromatic carbocycles. The number of alkyl halides is 1. The zero-order valence-electron chi connectivity index (χ0n) is 20.2. The molecule has 9 heteroatoms. The van der Waals surface area contributed by atoms with Gasteiger partial charge in [-0.2, -0.15) is 0 Å². The SMILES string of the molecule is C=CC(=O)Nc1cccc(Oc2cc(Nc3ccc(NC4CCN(CCF)C4)cc3)ncc2OC)c1. The van der Waals surface area contributed by atoms with Crippen LogP contribution in [0.2, 0.25) is 0 Å². The van der Waals surface area contributed by atoms with E-state index in [0.717, 1.165) is 30.9 Å². The minimum absolute atomic E-state index is 0.302. The molecular formula is C27H30FN5O3. The van der Waals surface area contributed by atoms with Crippen molar-refractivity contribution >= 4 is 28.8 Å². The van der Waals surface area contributed by atoms with Gasteiger partial charge in [0.15, 0.2) is 11.5 Å². The van der Waals surface area contributed by atoms with Crippen LogP contribution in [0, 0.1) is 0 Å². The van der Waals surface area contributed by atoms with Crippen LogP contribution in [0.4, 0.5) is 27.3 Å². The van der Waals surface area contributed by atoms with E-state index < -0.39 is 0 Å². The van der Waals surface area contributed by atoms with Gasteiger partial charge in [-0.15, -0.1) is 0 Å². The number of likely N-dealkylation sites (tertiary alicyclic amines) is 1. The highest BCUT2D eigenvalue weighted by molar-refractivity contribution is 5.98. The Bertz CT molecular complexity index is 1190. The van der Waals surface area contributed by atoms with Crippen LogP contribution in [-0.4, -0.2) is 55.3 Å². The minimum atomic E-state index is -0.306. The summed E-state index contributed by atoms with van der Waals surface area (Å²) in [7, 11) is 1.55. The molecule has 1 atom stereocenters. The lowest BCUT2D eigenvalue weighted by Crippen LogP contribution is -2.27. The number of benzene rings is 2. The number of nitrogens with one attached hydrogen (secondary N) is 3. The quantitative estimate of drug-likeness (QED) is 0.318. The second-order valence-corrected chi connectivity index (χ2v) is 8.37. The van der Waals surface area contributed by atoms with Crippen LogP contribution in [0.15, 0.2) is 73.4 Å². The Morgan fingerprint density at radius 1 is 1.17 bits per heavy atom. The molecule has 4 rings (SSSR count). The molecule has 3 N–H and O–H groups in total. The zero-order chi connectivity index (χ0) is 25.3. The smallest absolute Gasteiger partial charge is 0.247 e. The Balaban J connectivity index is 1.41. The lowest BCUT2D eigenvalue weighted by molar-refractivity contribution is -0.111. The van der Waals surface area contributed by atoms with Crippen molar-refractivity contribution in [2.45, 2.75) is 12.5 Å². The lowest BCUT2D eigenvalue weighted by Gasteiger charge is -2.16. The van der Waals surface area contributed by atoms with E-state index in [4.69, 9.17) is 9.47 Å². The first-order chi connectivity index (χ1) is 17.6. The average molecular weight is 492 g/mol. The first-order valence-electron chi connectivity index (χ1n) is 11.7. The van der Waals surface area contributed by atoms with E-state index in [9.17, 15) is 9.18 Å². The number of rotatable bonds is 11. The third kappa shape index (κ3) is 6.73. The average Bonchev–Trinajstić information content (AvgIpc) is 3.32. The number of aromatic nitrogens is 1.